The number of ether oxygens (including phenoxy) is 1. The molecule has 0 bridgehead atoms. The van der Waals surface area contributed by atoms with Crippen molar-refractivity contribution in [1.82, 2.24) is 5.32 Å². The van der Waals surface area contributed by atoms with Gasteiger partial charge in [0, 0.05) is 12.6 Å². The van der Waals surface area contributed by atoms with E-state index in [0.717, 1.165) is 19.6 Å². The third-order valence-electron chi connectivity index (χ3n) is 3.77. The normalized spacial score (nSPS) is 21.8. The summed E-state index contributed by atoms with van der Waals surface area (Å²) in [6.07, 6.45) is 5.43. The SMILES string of the molecule is Cc1ccc(C(C)NCCC2CCCCO2)cc1. The van der Waals surface area contributed by atoms with Gasteiger partial charge >= 0.3 is 0 Å². The molecule has 0 aromatic heterocycles. The summed E-state index contributed by atoms with van der Waals surface area (Å²) >= 11 is 0. The molecule has 1 N–H and O–H groups in total. The van der Waals surface area contributed by atoms with Crippen LogP contribution in [0.3, 0.4) is 0 Å². The summed E-state index contributed by atoms with van der Waals surface area (Å²) in [4.78, 5) is 0. The molecular formula is C16H25NO. The third-order valence-corrected chi connectivity index (χ3v) is 3.77. The second kappa shape index (κ2) is 6.91. The molecule has 2 unspecified atom stereocenters. The maximum Gasteiger partial charge on any atom is 0.0587 e. The van der Waals surface area contributed by atoms with E-state index in [0.29, 0.717) is 12.1 Å². The van der Waals surface area contributed by atoms with Gasteiger partial charge in [-0.1, -0.05) is 29.8 Å². The quantitative estimate of drug-likeness (QED) is 0.858. The second-order valence-electron chi connectivity index (χ2n) is 5.36. The Morgan fingerprint density at radius 2 is 2.06 bits per heavy atom. The van der Waals surface area contributed by atoms with E-state index >= 15 is 0 Å². The molecule has 0 amide bonds. The summed E-state index contributed by atoms with van der Waals surface area (Å²) in [5.74, 6) is 0. The molecule has 0 aliphatic carbocycles. The number of hydrogen-bond donors (Lipinski definition) is 1. The number of nitrogens with one attached hydrogen (secondary N) is 1. The molecule has 1 aliphatic heterocycles. The standard InChI is InChI=1S/C16H25NO/c1-13-6-8-15(9-7-13)14(2)17-11-10-16-5-3-4-12-18-16/h6-9,14,16-17H,3-5,10-12H2,1-2H3. The average molecular weight is 247 g/mol. The maximum atomic E-state index is 5.74. The van der Waals surface area contributed by atoms with Gasteiger partial charge in [0.15, 0.2) is 0 Å². The van der Waals surface area contributed by atoms with Crippen molar-refractivity contribution in [2.75, 3.05) is 13.2 Å². The Kier molecular flexibility index (Phi) is 5.21. The summed E-state index contributed by atoms with van der Waals surface area (Å²) < 4.78 is 5.74. The highest BCUT2D eigenvalue weighted by molar-refractivity contribution is 5.23. The maximum absolute atomic E-state index is 5.74. The largest absolute Gasteiger partial charge is 0.378 e. The monoisotopic (exact) mass is 247 g/mol. The first kappa shape index (κ1) is 13.6. The van der Waals surface area contributed by atoms with Crippen LogP contribution in [-0.2, 0) is 4.74 Å². The molecule has 1 heterocycles. The minimum Gasteiger partial charge on any atom is -0.378 e. The van der Waals surface area contributed by atoms with Crippen molar-refractivity contribution in [2.45, 2.75) is 51.7 Å². The Labute approximate surface area is 111 Å². The number of rotatable bonds is 5. The number of benzene rings is 1. The predicted molar refractivity (Wildman–Crippen MR) is 75.8 cm³/mol. The van der Waals surface area contributed by atoms with Gasteiger partial charge in [-0.05, 0) is 51.6 Å². The lowest BCUT2D eigenvalue weighted by atomic mass is 10.0. The smallest absolute Gasteiger partial charge is 0.0587 e. The third kappa shape index (κ3) is 4.11. The van der Waals surface area contributed by atoms with E-state index in [1.807, 2.05) is 0 Å². The minimum atomic E-state index is 0.425. The van der Waals surface area contributed by atoms with Crippen molar-refractivity contribution in [3.05, 3.63) is 35.4 Å². The van der Waals surface area contributed by atoms with Crippen molar-refractivity contribution in [3.8, 4) is 0 Å². The highest BCUT2D eigenvalue weighted by Gasteiger charge is 2.13. The molecular weight excluding hydrogens is 222 g/mol. The van der Waals surface area contributed by atoms with Crippen LogP contribution in [0.2, 0.25) is 0 Å². The molecule has 0 spiro atoms. The van der Waals surface area contributed by atoms with Gasteiger partial charge in [-0.2, -0.15) is 0 Å². The molecule has 1 aromatic carbocycles. The van der Waals surface area contributed by atoms with E-state index in [1.165, 1.54) is 30.4 Å². The summed E-state index contributed by atoms with van der Waals surface area (Å²) in [6, 6.07) is 9.21. The lowest BCUT2D eigenvalue weighted by Crippen LogP contribution is -2.27. The molecule has 1 aliphatic rings. The summed E-state index contributed by atoms with van der Waals surface area (Å²) in [5, 5.41) is 3.59. The van der Waals surface area contributed by atoms with E-state index in [1.54, 1.807) is 0 Å². The van der Waals surface area contributed by atoms with Crippen LogP contribution in [0.1, 0.15) is 49.8 Å². The molecule has 1 saturated heterocycles. The second-order valence-corrected chi connectivity index (χ2v) is 5.36. The first-order valence-corrected chi connectivity index (χ1v) is 7.17. The van der Waals surface area contributed by atoms with Crippen LogP contribution in [0.5, 0.6) is 0 Å². The fourth-order valence-corrected chi connectivity index (χ4v) is 2.47. The molecule has 18 heavy (non-hydrogen) atoms. The Morgan fingerprint density at radius 3 is 2.72 bits per heavy atom. The highest BCUT2D eigenvalue weighted by Crippen LogP contribution is 2.16. The van der Waals surface area contributed by atoms with Crippen LogP contribution in [0.15, 0.2) is 24.3 Å². The van der Waals surface area contributed by atoms with E-state index in [2.05, 4.69) is 43.4 Å². The van der Waals surface area contributed by atoms with Crippen molar-refractivity contribution in [1.29, 1.82) is 0 Å². The van der Waals surface area contributed by atoms with Gasteiger partial charge in [0.2, 0.25) is 0 Å². The van der Waals surface area contributed by atoms with Gasteiger partial charge in [-0.15, -0.1) is 0 Å². The topological polar surface area (TPSA) is 21.3 Å². The molecule has 0 saturated carbocycles. The van der Waals surface area contributed by atoms with E-state index in [4.69, 9.17) is 4.74 Å². The van der Waals surface area contributed by atoms with Crippen molar-refractivity contribution in [2.24, 2.45) is 0 Å². The van der Waals surface area contributed by atoms with Crippen molar-refractivity contribution < 1.29 is 4.74 Å². The van der Waals surface area contributed by atoms with Crippen LogP contribution < -0.4 is 5.32 Å². The molecule has 100 valence electrons. The zero-order chi connectivity index (χ0) is 12.8. The molecule has 0 radical (unpaired) electrons. The van der Waals surface area contributed by atoms with Gasteiger partial charge in [-0.25, -0.2) is 0 Å². The Balaban J connectivity index is 1.70. The van der Waals surface area contributed by atoms with E-state index < -0.39 is 0 Å². The number of hydrogen-bond acceptors (Lipinski definition) is 2. The number of aryl methyl sites for hydroxylation is 1. The van der Waals surface area contributed by atoms with Gasteiger partial charge in [0.25, 0.3) is 0 Å². The van der Waals surface area contributed by atoms with Crippen LogP contribution in [0.25, 0.3) is 0 Å². The lowest BCUT2D eigenvalue weighted by Gasteiger charge is -2.23. The van der Waals surface area contributed by atoms with Crippen LogP contribution >= 0.6 is 0 Å². The summed E-state index contributed by atoms with van der Waals surface area (Å²) in [5.41, 5.74) is 2.69. The first-order chi connectivity index (χ1) is 8.75. The molecule has 1 fully saturated rings. The molecule has 2 atom stereocenters. The zero-order valence-electron chi connectivity index (χ0n) is 11.6. The van der Waals surface area contributed by atoms with E-state index in [-0.39, 0.29) is 0 Å². The Hall–Kier alpha value is -0.860. The van der Waals surface area contributed by atoms with Crippen molar-refractivity contribution >= 4 is 0 Å². The average Bonchev–Trinajstić information content (AvgIpc) is 2.40. The summed E-state index contributed by atoms with van der Waals surface area (Å²) in [6.45, 7) is 6.35. The molecule has 2 rings (SSSR count). The zero-order valence-corrected chi connectivity index (χ0v) is 11.6. The first-order valence-electron chi connectivity index (χ1n) is 7.17. The Morgan fingerprint density at radius 1 is 1.28 bits per heavy atom. The highest BCUT2D eigenvalue weighted by atomic mass is 16.5. The van der Waals surface area contributed by atoms with Gasteiger partial charge in [0.1, 0.15) is 0 Å². The van der Waals surface area contributed by atoms with Gasteiger partial charge in [0.05, 0.1) is 6.10 Å². The predicted octanol–water partition coefficient (Wildman–Crippen LogP) is 3.60. The van der Waals surface area contributed by atoms with Gasteiger partial charge < -0.3 is 10.1 Å². The molecule has 2 nitrogen and oxygen atoms in total. The van der Waals surface area contributed by atoms with Crippen molar-refractivity contribution in [3.63, 3.8) is 0 Å². The minimum absolute atomic E-state index is 0.425. The van der Waals surface area contributed by atoms with Gasteiger partial charge in [-0.3, -0.25) is 0 Å². The molecule has 2 heteroatoms. The summed E-state index contributed by atoms with van der Waals surface area (Å²) in [7, 11) is 0. The van der Waals surface area contributed by atoms with E-state index in [9.17, 15) is 0 Å². The Bertz CT molecular complexity index is 341. The fraction of sp³-hybridized carbons (Fsp3) is 0.625. The van der Waals surface area contributed by atoms with Crippen LogP contribution in [0, 0.1) is 6.92 Å². The van der Waals surface area contributed by atoms with Crippen LogP contribution in [0.4, 0.5) is 0 Å². The molecule has 1 aromatic rings. The lowest BCUT2D eigenvalue weighted by molar-refractivity contribution is 0.0112. The fourth-order valence-electron chi connectivity index (χ4n) is 2.47. The van der Waals surface area contributed by atoms with Crippen LogP contribution in [-0.4, -0.2) is 19.3 Å².